The smallest absolute Gasteiger partial charge is 0.184 e. The standard InChI is InChI=1S/C14H19ClN2S/c1-14(2,3)12(8-9-15)17-13-16-10-6-4-5-7-11(10)18-13/h4-7,12H,8-9H2,1-3H3,(H,16,17). The molecule has 0 radical (unpaired) electrons. The summed E-state index contributed by atoms with van der Waals surface area (Å²) < 4.78 is 1.22. The number of hydrogen-bond acceptors (Lipinski definition) is 3. The average molecular weight is 283 g/mol. The molecular formula is C14H19ClN2S. The van der Waals surface area contributed by atoms with E-state index in [9.17, 15) is 0 Å². The number of alkyl halides is 1. The number of nitrogens with zero attached hydrogens (tertiary/aromatic N) is 1. The highest BCUT2D eigenvalue weighted by Crippen LogP contribution is 2.30. The van der Waals surface area contributed by atoms with Crippen molar-refractivity contribution in [3.8, 4) is 0 Å². The Morgan fingerprint density at radius 2 is 2.06 bits per heavy atom. The molecule has 18 heavy (non-hydrogen) atoms. The van der Waals surface area contributed by atoms with Crippen LogP contribution in [0, 0.1) is 5.41 Å². The number of anilines is 1. The van der Waals surface area contributed by atoms with Crippen molar-refractivity contribution in [1.29, 1.82) is 0 Å². The van der Waals surface area contributed by atoms with Gasteiger partial charge in [-0.2, -0.15) is 0 Å². The number of rotatable bonds is 4. The number of thiazole rings is 1. The maximum atomic E-state index is 5.89. The number of aromatic nitrogens is 1. The van der Waals surface area contributed by atoms with Crippen molar-refractivity contribution >= 4 is 38.3 Å². The van der Waals surface area contributed by atoms with Crippen LogP contribution < -0.4 is 5.32 Å². The lowest BCUT2D eigenvalue weighted by Gasteiger charge is -2.30. The second-order valence-electron chi connectivity index (χ2n) is 5.53. The van der Waals surface area contributed by atoms with Gasteiger partial charge in [0.25, 0.3) is 0 Å². The van der Waals surface area contributed by atoms with Gasteiger partial charge >= 0.3 is 0 Å². The third-order valence-corrected chi connectivity index (χ3v) is 4.22. The highest BCUT2D eigenvalue weighted by atomic mass is 35.5. The zero-order valence-corrected chi connectivity index (χ0v) is 12.6. The van der Waals surface area contributed by atoms with Crippen molar-refractivity contribution in [2.45, 2.75) is 33.2 Å². The van der Waals surface area contributed by atoms with E-state index in [0.717, 1.165) is 17.1 Å². The number of fused-ring (bicyclic) bond motifs is 1. The van der Waals surface area contributed by atoms with Crippen LogP contribution in [0.1, 0.15) is 27.2 Å². The van der Waals surface area contributed by atoms with E-state index in [2.05, 4.69) is 37.1 Å². The monoisotopic (exact) mass is 282 g/mol. The summed E-state index contributed by atoms with van der Waals surface area (Å²) in [6, 6.07) is 8.56. The molecule has 0 saturated heterocycles. The Bertz CT molecular complexity index is 483. The van der Waals surface area contributed by atoms with Gasteiger partial charge in [-0.05, 0) is 24.0 Å². The van der Waals surface area contributed by atoms with Gasteiger partial charge in [0, 0.05) is 11.9 Å². The minimum atomic E-state index is 0.173. The number of benzene rings is 1. The van der Waals surface area contributed by atoms with Crippen LogP contribution in [0.4, 0.5) is 5.13 Å². The minimum absolute atomic E-state index is 0.173. The van der Waals surface area contributed by atoms with Gasteiger partial charge in [0.15, 0.2) is 5.13 Å². The Kier molecular flexibility index (Phi) is 4.13. The lowest BCUT2D eigenvalue weighted by Crippen LogP contribution is -2.34. The van der Waals surface area contributed by atoms with Crippen LogP contribution in [0.15, 0.2) is 24.3 Å². The molecule has 1 aromatic carbocycles. The van der Waals surface area contributed by atoms with E-state index in [1.54, 1.807) is 11.3 Å². The molecule has 1 N–H and O–H groups in total. The predicted molar refractivity (Wildman–Crippen MR) is 81.8 cm³/mol. The topological polar surface area (TPSA) is 24.9 Å². The molecule has 0 saturated carbocycles. The van der Waals surface area contributed by atoms with Gasteiger partial charge in [0.2, 0.25) is 0 Å². The van der Waals surface area contributed by atoms with Gasteiger partial charge in [-0.15, -0.1) is 11.6 Å². The van der Waals surface area contributed by atoms with E-state index in [0.29, 0.717) is 11.9 Å². The highest BCUT2D eigenvalue weighted by molar-refractivity contribution is 7.22. The predicted octanol–water partition coefficient (Wildman–Crippen LogP) is 4.75. The van der Waals surface area contributed by atoms with Gasteiger partial charge in [-0.3, -0.25) is 0 Å². The Labute approximate surface area is 117 Å². The zero-order valence-electron chi connectivity index (χ0n) is 11.0. The van der Waals surface area contributed by atoms with E-state index in [4.69, 9.17) is 11.6 Å². The van der Waals surface area contributed by atoms with E-state index >= 15 is 0 Å². The molecule has 1 heterocycles. The Morgan fingerprint density at radius 1 is 1.33 bits per heavy atom. The maximum absolute atomic E-state index is 5.89. The number of nitrogens with one attached hydrogen (secondary N) is 1. The molecule has 98 valence electrons. The Hall–Kier alpha value is -0.800. The first-order valence-corrected chi connectivity index (χ1v) is 7.54. The molecule has 1 aromatic heterocycles. The van der Waals surface area contributed by atoms with Crippen molar-refractivity contribution in [2.24, 2.45) is 5.41 Å². The van der Waals surface area contributed by atoms with Gasteiger partial charge < -0.3 is 5.32 Å². The molecular weight excluding hydrogens is 264 g/mol. The summed E-state index contributed by atoms with van der Waals surface area (Å²) >= 11 is 7.59. The third-order valence-electron chi connectivity index (χ3n) is 3.03. The fraction of sp³-hybridized carbons (Fsp3) is 0.500. The van der Waals surface area contributed by atoms with Crippen LogP contribution in [0.25, 0.3) is 10.2 Å². The van der Waals surface area contributed by atoms with E-state index in [1.807, 2.05) is 18.2 Å². The van der Waals surface area contributed by atoms with Crippen molar-refractivity contribution < 1.29 is 0 Å². The fourth-order valence-corrected chi connectivity index (χ4v) is 3.05. The molecule has 1 atom stereocenters. The summed E-state index contributed by atoms with van der Waals surface area (Å²) in [6.45, 7) is 6.68. The molecule has 0 aliphatic heterocycles. The van der Waals surface area contributed by atoms with Crippen LogP contribution >= 0.6 is 22.9 Å². The second-order valence-corrected chi connectivity index (χ2v) is 6.94. The molecule has 2 aromatic rings. The maximum Gasteiger partial charge on any atom is 0.184 e. The molecule has 0 amide bonds. The molecule has 0 fully saturated rings. The molecule has 1 unspecified atom stereocenters. The first-order valence-electron chi connectivity index (χ1n) is 6.19. The lowest BCUT2D eigenvalue weighted by atomic mass is 9.85. The van der Waals surface area contributed by atoms with Crippen molar-refractivity contribution in [2.75, 3.05) is 11.2 Å². The van der Waals surface area contributed by atoms with Gasteiger partial charge in [-0.1, -0.05) is 44.2 Å². The number of para-hydroxylation sites is 1. The summed E-state index contributed by atoms with van der Waals surface area (Å²) in [5, 5.41) is 4.52. The average Bonchev–Trinajstić information content (AvgIpc) is 2.69. The van der Waals surface area contributed by atoms with Crippen LogP contribution in [0.2, 0.25) is 0 Å². The lowest BCUT2D eigenvalue weighted by molar-refractivity contribution is 0.334. The fourth-order valence-electron chi connectivity index (χ4n) is 1.91. The van der Waals surface area contributed by atoms with Crippen LogP contribution in [-0.4, -0.2) is 16.9 Å². The summed E-state index contributed by atoms with van der Waals surface area (Å²) in [4.78, 5) is 4.61. The van der Waals surface area contributed by atoms with Crippen molar-refractivity contribution in [3.05, 3.63) is 24.3 Å². The zero-order chi connectivity index (χ0) is 13.2. The Balaban J connectivity index is 2.20. The van der Waals surface area contributed by atoms with Crippen molar-refractivity contribution in [3.63, 3.8) is 0 Å². The summed E-state index contributed by atoms with van der Waals surface area (Å²) in [7, 11) is 0. The van der Waals surface area contributed by atoms with Gasteiger partial charge in [0.05, 0.1) is 10.2 Å². The molecule has 2 nitrogen and oxygen atoms in total. The van der Waals surface area contributed by atoms with Crippen LogP contribution in [0.3, 0.4) is 0 Å². The highest BCUT2D eigenvalue weighted by Gasteiger charge is 2.24. The molecule has 0 aliphatic carbocycles. The quantitative estimate of drug-likeness (QED) is 0.819. The van der Waals surface area contributed by atoms with E-state index < -0.39 is 0 Å². The molecule has 4 heteroatoms. The summed E-state index contributed by atoms with van der Waals surface area (Å²) in [6.07, 6.45) is 0.945. The van der Waals surface area contributed by atoms with E-state index in [-0.39, 0.29) is 5.41 Å². The van der Waals surface area contributed by atoms with Gasteiger partial charge in [-0.25, -0.2) is 4.98 Å². The number of halogens is 1. The van der Waals surface area contributed by atoms with Crippen molar-refractivity contribution in [1.82, 2.24) is 4.98 Å². The second kappa shape index (κ2) is 5.45. The first-order chi connectivity index (χ1) is 8.50. The summed E-state index contributed by atoms with van der Waals surface area (Å²) in [5.41, 5.74) is 1.23. The van der Waals surface area contributed by atoms with Gasteiger partial charge in [0.1, 0.15) is 0 Å². The SMILES string of the molecule is CC(C)(C)C(CCCl)Nc1nc2ccccc2s1. The largest absolute Gasteiger partial charge is 0.358 e. The normalized spacial score (nSPS) is 13.8. The van der Waals surface area contributed by atoms with Crippen LogP contribution in [-0.2, 0) is 0 Å². The first kappa shape index (κ1) is 13.6. The molecule has 0 bridgehead atoms. The molecule has 2 rings (SSSR count). The molecule has 0 aliphatic rings. The third kappa shape index (κ3) is 3.15. The van der Waals surface area contributed by atoms with Crippen LogP contribution in [0.5, 0.6) is 0 Å². The number of hydrogen-bond donors (Lipinski definition) is 1. The Morgan fingerprint density at radius 3 is 2.67 bits per heavy atom. The summed E-state index contributed by atoms with van der Waals surface area (Å²) in [5.74, 6) is 0.666. The minimum Gasteiger partial charge on any atom is -0.358 e. The van der Waals surface area contributed by atoms with E-state index in [1.165, 1.54) is 4.70 Å². The molecule has 0 spiro atoms.